The summed E-state index contributed by atoms with van der Waals surface area (Å²) in [7, 11) is 2.02. The van der Waals surface area contributed by atoms with Crippen LogP contribution in [0, 0.1) is 0 Å². The van der Waals surface area contributed by atoms with Gasteiger partial charge in [0.25, 0.3) is 5.92 Å². The zero-order valence-electron chi connectivity index (χ0n) is 17.7. The molecule has 10 heteroatoms. The van der Waals surface area contributed by atoms with Crippen LogP contribution in [-0.4, -0.2) is 72.8 Å². The number of thioether (sulfide) groups is 1. The van der Waals surface area contributed by atoms with Crippen molar-refractivity contribution in [2.75, 3.05) is 50.1 Å². The Balaban J connectivity index is 1.71. The lowest BCUT2D eigenvalue weighted by Gasteiger charge is -2.33. The Kier molecular flexibility index (Phi) is 7.38. The molecule has 30 heavy (non-hydrogen) atoms. The zero-order valence-corrected chi connectivity index (χ0v) is 18.5. The molecule has 166 valence electrons. The van der Waals surface area contributed by atoms with E-state index >= 15 is 0 Å². The number of hydrogen-bond donors (Lipinski definition) is 1. The molecule has 2 aliphatic rings. The molecule has 1 atom stereocenters. The van der Waals surface area contributed by atoms with Gasteiger partial charge < -0.3 is 19.9 Å². The van der Waals surface area contributed by atoms with Crippen molar-refractivity contribution in [2.24, 2.45) is 4.99 Å². The number of anilines is 2. The Morgan fingerprint density at radius 2 is 2.10 bits per heavy atom. The summed E-state index contributed by atoms with van der Waals surface area (Å²) in [6.45, 7) is 5.49. The third kappa shape index (κ3) is 6.20. The van der Waals surface area contributed by atoms with Crippen LogP contribution in [-0.2, 0) is 15.3 Å². The van der Waals surface area contributed by atoms with Gasteiger partial charge in [-0.25, -0.2) is 13.8 Å². The van der Waals surface area contributed by atoms with Crippen molar-refractivity contribution in [3.8, 4) is 0 Å². The zero-order chi connectivity index (χ0) is 21.7. The van der Waals surface area contributed by atoms with Crippen molar-refractivity contribution in [1.82, 2.24) is 9.88 Å². The lowest BCUT2D eigenvalue weighted by molar-refractivity contribution is -0.140. The SMILES string of the molecule is CCOC(=O)CNc1cc(N2CCC(F)(F)CC2)cc(CSC2CN(C)C(C)=N2)n1. The van der Waals surface area contributed by atoms with Gasteiger partial charge in [-0.05, 0) is 19.9 Å². The summed E-state index contributed by atoms with van der Waals surface area (Å²) in [6, 6.07) is 3.75. The van der Waals surface area contributed by atoms with E-state index in [1.54, 1.807) is 18.7 Å². The Bertz CT molecular complexity index is 782. The van der Waals surface area contributed by atoms with Gasteiger partial charge in [0.2, 0.25) is 0 Å². The number of ether oxygens (including phenoxy) is 1. The molecule has 1 saturated heterocycles. The first-order chi connectivity index (χ1) is 14.3. The molecule has 2 aliphatic heterocycles. The number of aliphatic imine (C=N–C) groups is 1. The molecule has 0 saturated carbocycles. The van der Waals surface area contributed by atoms with E-state index in [0.717, 1.165) is 23.8 Å². The molecule has 1 aromatic heterocycles. The minimum atomic E-state index is -2.60. The minimum absolute atomic E-state index is 0.00581. The van der Waals surface area contributed by atoms with E-state index in [1.807, 2.05) is 31.0 Å². The van der Waals surface area contributed by atoms with Crippen LogP contribution in [0.25, 0.3) is 0 Å². The number of carbonyl (C=O) groups is 1. The van der Waals surface area contributed by atoms with Gasteiger partial charge in [-0.15, -0.1) is 11.8 Å². The molecule has 0 aliphatic carbocycles. The maximum atomic E-state index is 13.6. The summed E-state index contributed by atoms with van der Waals surface area (Å²) in [5, 5.41) is 3.15. The van der Waals surface area contributed by atoms with Gasteiger partial charge in [0, 0.05) is 50.5 Å². The molecule has 3 rings (SSSR count). The first kappa shape index (κ1) is 22.6. The minimum Gasteiger partial charge on any atom is -0.465 e. The highest BCUT2D eigenvalue weighted by atomic mass is 32.2. The molecule has 3 heterocycles. The molecule has 1 aromatic rings. The van der Waals surface area contributed by atoms with Crippen molar-refractivity contribution in [2.45, 2.75) is 43.7 Å². The summed E-state index contributed by atoms with van der Waals surface area (Å²) < 4.78 is 32.1. The molecule has 0 radical (unpaired) electrons. The lowest BCUT2D eigenvalue weighted by atomic mass is 10.1. The maximum absolute atomic E-state index is 13.6. The highest BCUT2D eigenvalue weighted by molar-refractivity contribution is 7.99. The van der Waals surface area contributed by atoms with E-state index in [0.29, 0.717) is 18.2 Å². The van der Waals surface area contributed by atoms with Crippen LogP contribution < -0.4 is 10.2 Å². The fourth-order valence-electron chi connectivity index (χ4n) is 3.37. The van der Waals surface area contributed by atoms with E-state index < -0.39 is 5.92 Å². The maximum Gasteiger partial charge on any atom is 0.325 e. The largest absolute Gasteiger partial charge is 0.465 e. The van der Waals surface area contributed by atoms with E-state index in [4.69, 9.17) is 4.74 Å². The van der Waals surface area contributed by atoms with E-state index in [-0.39, 0.29) is 43.8 Å². The number of pyridine rings is 1. The number of nitrogens with one attached hydrogen (secondary N) is 1. The van der Waals surface area contributed by atoms with Gasteiger partial charge in [0.05, 0.1) is 24.7 Å². The molecular weight excluding hydrogens is 412 g/mol. The number of aromatic nitrogens is 1. The number of alkyl halides is 2. The summed E-state index contributed by atoms with van der Waals surface area (Å²) in [5.41, 5.74) is 1.66. The third-order valence-electron chi connectivity index (χ3n) is 5.18. The molecule has 1 unspecified atom stereocenters. The summed E-state index contributed by atoms with van der Waals surface area (Å²) >= 11 is 1.69. The number of amidine groups is 1. The van der Waals surface area contributed by atoms with Crippen molar-refractivity contribution in [1.29, 1.82) is 0 Å². The van der Waals surface area contributed by atoms with Gasteiger partial charge >= 0.3 is 5.97 Å². The fraction of sp³-hybridized carbons (Fsp3) is 0.650. The van der Waals surface area contributed by atoms with Gasteiger partial charge in [-0.3, -0.25) is 9.79 Å². The quantitative estimate of drug-likeness (QED) is 0.621. The number of piperidine rings is 1. The first-order valence-electron chi connectivity index (χ1n) is 10.2. The predicted octanol–water partition coefficient (Wildman–Crippen LogP) is 3.22. The summed E-state index contributed by atoms with van der Waals surface area (Å²) in [4.78, 5) is 25.0. The number of carbonyl (C=O) groups excluding carboxylic acids is 1. The molecule has 0 spiro atoms. The molecular formula is C20H29F2N5O2S. The lowest BCUT2D eigenvalue weighted by Crippen LogP contribution is -2.39. The second-order valence-corrected chi connectivity index (χ2v) is 8.69. The second-order valence-electron chi connectivity index (χ2n) is 7.53. The van der Waals surface area contributed by atoms with Crippen LogP contribution >= 0.6 is 11.8 Å². The standard InChI is InChI=1S/C20H29F2N5O2S/c1-4-29-19(28)11-23-17-10-16(27-7-5-20(21,22)6-8-27)9-15(25-17)13-30-18-12-26(3)14(2)24-18/h9-10,18H,4-8,11-13H2,1-3H3,(H,23,25). The van der Waals surface area contributed by atoms with Crippen LogP contribution in [0.2, 0.25) is 0 Å². The van der Waals surface area contributed by atoms with E-state index in [2.05, 4.69) is 20.2 Å². The fourth-order valence-corrected chi connectivity index (χ4v) is 4.44. The van der Waals surface area contributed by atoms with E-state index in [1.165, 1.54) is 0 Å². The third-order valence-corrected chi connectivity index (χ3v) is 6.28. The smallest absolute Gasteiger partial charge is 0.325 e. The van der Waals surface area contributed by atoms with Gasteiger partial charge in [-0.1, -0.05) is 0 Å². The number of esters is 1. The molecule has 0 aromatic carbocycles. The number of likely N-dealkylation sites (N-methyl/N-ethyl adjacent to an activating group) is 1. The van der Waals surface area contributed by atoms with Gasteiger partial charge in [0.15, 0.2) is 0 Å². The molecule has 7 nitrogen and oxygen atoms in total. The number of hydrogen-bond acceptors (Lipinski definition) is 8. The van der Waals surface area contributed by atoms with Crippen LogP contribution in [0.4, 0.5) is 20.3 Å². The highest BCUT2D eigenvalue weighted by Crippen LogP contribution is 2.32. The second kappa shape index (κ2) is 9.80. The topological polar surface area (TPSA) is 70.1 Å². The van der Waals surface area contributed by atoms with Crippen LogP contribution in [0.5, 0.6) is 0 Å². The normalized spacial score (nSPS) is 20.8. The first-order valence-corrected chi connectivity index (χ1v) is 11.2. The van der Waals surface area contributed by atoms with Gasteiger partial charge in [-0.2, -0.15) is 0 Å². The highest BCUT2D eigenvalue weighted by Gasteiger charge is 2.34. The molecule has 0 bridgehead atoms. The van der Waals surface area contributed by atoms with Crippen LogP contribution in [0.1, 0.15) is 32.4 Å². The average molecular weight is 442 g/mol. The Hall–Kier alpha value is -2.10. The van der Waals surface area contributed by atoms with Crippen molar-refractivity contribution in [3.63, 3.8) is 0 Å². The molecule has 1 fully saturated rings. The number of nitrogens with zero attached hydrogens (tertiary/aromatic N) is 4. The van der Waals surface area contributed by atoms with Crippen LogP contribution in [0.3, 0.4) is 0 Å². The summed E-state index contributed by atoms with van der Waals surface area (Å²) in [5.74, 6) is -0.771. The van der Waals surface area contributed by atoms with Crippen molar-refractivity contribution in [3.05, 3.63) is 17.8 Å². The molecule has 1 N–H and O–H groups in total. The Morgan fingerprint density at radius 3 is 2.73 bits per heavy atom. The predicted molar refractivity (Wildman–Crippen MR) is 117 cm³/mol. The van der Waals surface area contributed by atoms with Crippen molar-refractivity contribution < 1.29 is 18.3 Å². The van der Waals surface area contributed by atoms with Crippen LogP contribution in [0.15, 0.2) is 17.1 Å². The number of rotatable bonds is 8. The van der Waals surface area contributed by atoms with Gasteiger partial charge in [0.1, 0.15) is 17.7 Å². The number of halogens is 2. The Labute approximate surface area is 180 Å². The van der Waals surface area contributed by atoms with Crippen molar-refractivity contribution >= 4 is 35.1 Å². The summed E-state index contributed by atoms with van der Waals surface area (Å²) in [6.07, 6.45) is -0.319. The average Bonchev–Trinajstić information content (AvgIpc) is 3.02. The molecule has 0 amide bonds. The van der Waals surface area contributed by atoms with E-state index in [9.17, 15) is 13.6 Å². The monoisotopic (exact) mass is 441 g/mol. The Morgan fingerprint density at radius 1 is 1.37 bits per heavy atom.